The van der Waals surface area contributed by atoms with Crippen LogP contribution >= 0.6 is 0 Å². The van der Waals surface area contributed by atoms with Gasteiger partial charge in [0.25, 0.3) is 0 Å². The number of halogens is 3. The third-order valence-electron chi connectivity index (χ3n) is 5.68. The number of hydrogen-bond donors (Lipinski definition) is 1. The molecular formula is C27H25F3N2O. The average Bonchev–Trinajstić information content (AvgIpc) is 2.99. The SMILES string of the molecule is CC1=NC=CC(CCCCc2cc(C#N)ccc2C#Cc2ccc(O)cc2C(F)(F)F)CC1. The first kappa shape index (κ1) is 24.1. The van der Waals surface area contributed by atoms with Gasteiger partial charge < -0.3 is 5.11 Å². The molecule has 1 aliphatic heterocycles. The minimum absolute atomic E-state index is 0.201. The third-order valence-corrected chi connectivity index (χ3v) is 5.68. The summed E-state index contributed by atoms with van der Waals surface area (Å²) < 4.78 is 39.9. The van der Waals surface area contributed by atoms with Crippen molar-refractivity contribution in [3.63, 3.8) is 0 Å². The second kappa shape index (κ2) is 10.9. The molecule has 170 valence electrons. The van der Waals surface area contributed by atoms with Crippen LogP contribution in [0.2, 0.25) is 0 Å². The molecule has 0 fully saturated rings. The summed E-state index contributed by atoms with van der Waals surface area (Å²) >= 11 is 0. The summed E-state index contributed by atoms with van der Waals surface area (Å²) in [4.78, 5) is 4.36. The van der Waals surface area contributed by atoms with Gasteiger partial charge in [-0.3, -0.25) is 4.99 Å². The number of nitriles is 1. The molecule has 0 aromatic heterocycles. The van der Waals surface area contributed by atoms with Crippen LogP contribution in [0.1, 0.15) is 66.8 Å². The van der Waals surface area contributed by atoms with Crippen molar-refractivity contribution in [2.24, 2.45) is 10.9 Å². The van der Waals surface area contributed by atoms with Crippen molar-refractivity contribution in [1.29, 1.82) is 5.26 Å². The number of aryl methyl sites for hydroxylation is 1. The molecule has 2 aromatic rings. The highest BCUT2D eigenvalue weighted by Crippen LogP contribution is 2.34. The molecule has 0 saturated carbocycles. The Morgan fingerprint density at radius 1 is 1.09 bits per heavy atom. The lowest BCUT2D eigenvalue weighted by Crippen LogP contribution is -2.07. The Hall–Kier alpha value is -3.51. The number of phenols is 1. The van der Waals surface area contributed by atoms with Crippen molar-refractivity contribution in [3.8, 4) is 23.7 Å². The first-order chi connectivity index (χ1) is 15.8. The Balaban J connectivity index is 1.73. The number of phenolic OH excluding ortho intramolecular Hbond substituents is 1. The number of hydrogen-bond acceptors (Lipinski definition) is 3. The highest BCUT2D eigenvalue weighted by molar-refractivity contribution is 5.82. The zero-order valence-electron chi connectivity index (χ0n) is 18.4. The van der Waals surface area contributed by atoms with Gasteiger partial charge in [0, 0.05) is 23.0 Å². The van der Waals surface area contributed by atoms with Crippen LogP contribution in [0.5, 0.6) is 5.75 Å². The van der Waals surface area contributed by atoms with Crippen LogP contribution in [0.3, 0.4) is 0 Å². The molecule has 0 spiro atoms. The molecular weight excluding hydrogens is 425 g/mol. The quantitative estimate of drug-likeness (QED) is 0.403. The fourth-order valence-electron chi connectivity index (χ4n) is 3.81. The van der Waals surface area contributed by atoms with Gasteiger partial charge >= 0.3 is 6.18 Å². The van der Waals surface area contributed by atoms with Crippen molar-refractivity contribution in [3.05, 3.63) is 76.5 Å². The highest BCUT2D eigenvalue weighted by atomic mass is 19.4. The van der Waals surface area contributed by atoms with E-state index in [1.54, 1.807) is 18.2 Å². The lowest BCUT2D eigenvalue weighted by Gasteiger charge is -2.11. The van der Waals surface area contributed by atoms with Crippen LogP contribution in [0.4, 0.5) is 13.2 Å². The number of benzene rings is 2. The van der Waals surface area contributed by atoms with Crippen molar-refractivity contribution >= 4 is 5.71 Å². The maximum absolute atomic E-state index is 13.3. The average molecular weight is 451 g/mol. The van der Waals surface area contributed by atoms with E-state index < -0.39 is 17.5 Å². The molecule has 1 unspecified atom stereocenters. The summed E-state index contributed by atoms with van der Waals surface area (Å²) in [6, 6.07) is 10.2. The molecule has 1 aliphatic rings. The number of aromatic hydroxyl groups is 1. The number of rotatable bonds is 5. The monoisotopic (exact) mass is 450 g/mol. The standard InChI is InChI=1S/C27H25F3N2O/c1-19-6-7-20(14-15-32-19)4-2-3-5-24-16-21(18-31)8-9-22(24)10-11-23-12-13-25(33)17-26(23)27(28,29)30/h8-9,12-17,20,33H,2-7H2,1H3. The van der Waals surface area contributed by atoms with E-state index >= 15 is 0 Å². The van der Waals surface area contributed by atoms with Gasteiger partial charge in [-0.2, -0.15) is 18.4 Å². The molecule has 1 atom stereocenters. The van der Waals surface area contributed by atoms with E-state index in [1.165, 1.54) is 12.1 Å². The van der Waals surface area contributed by atoms with E-state index in [1.807, 2.05) is 13.1 Å². The van der Waals surface area contributed by atoms with Crippen LogP contribution in [0.15, 0.2) is 53.7 Å². The van der Waals surface area contributed by atoms with Gasteiger partial charge in [0.2, 0.25) is 0 Å². The first-order valence-corrected chi connectivity index (χ1v) is 10.9. The normalized spacial score (nSPS) is 15.7. The third kappa shape index (κ3) is 6.99. The largest absolute Gasteiger partial charge is 0.508 e. The summed E-state index contributed by atoms with van der Waals surface area (Å²) in [5.41, 5.74) is 1.93. The maximum atomic E-state index is 13.3. The summed E-state index contributed by atoms with van der Waals surface area (Å²) in [5, 5.41) is 18.7. The molecule has 0 aliphatic carbocycles. The van der Waals surface area contributed by atoms with E-state index in [0.29, 0.717) is 29.5 Å². The summed E-state index contributed by atoms with van der Waals surface area (Å²) in [6.45, 7) is 2.04. The lowest BCUT2D eigenvalue weighted by atomic mass is 9.93. The Kier molecular flexibility index (Phi) is 7.96. The summed E-state index contributed by atoms with van der Waals surface area (Å²) in [5.74, 6) is 5.49. The number of aliphatic imine (C=N–C) groups is 1. The number of alkyl halides is 3. The smallest absolute Gasteiger partial charge is 0.417 e. The van der Waals surface area contributed by atoms with Gasteiger partial charge in [0.15, 0.2) is 0 Å². The molecule has 3 rings (SSSR count). The Labute approximate surface area is 192 Å². The predicted molar refractivity (Wildman–Crippen MR) is 123 cm³/mol. The predicted octanol–water partition coefficient (Wildman–Crippen LogP) is 6.78. The Bertz CT molecular complexity index is 1160. The van der Waals surface area contributed by atoms with Crippen molar-refractivity contribution in [1.82, 2.24) is 0 Å². The molecule has 1 heterocycles. The minimum atomic E-state index is -4.62. The lowest BCUT2D eigenvalue weighted by molar-refractivity contribution is -0.137. The number of nitrogens with zero attached hydrogens (tertiary/aromatic N) is 2. The van der Waals surface area contributed by atoms with Crippen molar-refractivity contribution < 1.29 is 18.3 Å². The van der Waals surface area contributed by atoms with Crippen LogP contribution in [0.25, 0.3) is 0 Å². The zero-order valence-corrected chi connectivity index (χ0v) is 18.4. The zero-order chi connectivity index (χ0) is 23.8. The molecule has 2 aromatic carbocycles. The molecule has 0 amide bonds. The van der Waals surface area contributed by atoms with E-state index in [0.717, 1.165) is 43.4 Å². The molecule has 33 heavy (non-hydrogen) atoms. The maximum Gasteiger partial charge on any atom is 0.417 e. The van der Waals surface area contributed by atoms with Gasteiger partial charge in [0.1, 0.15) is 5.75 Å². The van der Waals surface area contributed by atoms with E-state index in [-0.39, 0.29) is 5.56 Å². The van der Waals surface area contributed by atoms with Crippen LogP contribution in [-0.4, -0.2) is 10.8 Å². The van der Waals surface area contributed by atoms with Gasteiger partial charge in [0.05, 0.1) is 17.2 Å². The fourth-order valence-corrected chi connectivity index (χ4v) is 3.81. The van der Waals surface area contributed by atoms with Gasteiger partial charge in [-0.25, -0.2) is 0 Å². The molecule has 1 N–H and O–H groups in total. The first-order valence-electron chi connectivity index (χ1n) is 10.9. The fraction of sp³-hybridized carbons (Fsp3) is 0.333. The summed E-state index contributed by atoms with van der Waals surface area (Å²) in [7, 11) is 0. The second-order valence-electron chi connectivity index (χ2n) is 8.21. The van der Waals surface area contributed by atoms with E-state index in [9.17, 15) is 23.5 Å². The van der Waals surface area contributed by atoms with Crippen LogP contribution in [-0.2, 0) is 12.6 Å². The van der Waals surface area contributed by atoms with Gasteiger partial charge in [-0.15, -0.1) is 0 Å². The Morgan fingerprint density at radius 2 is 1.85 bits per heavy atom. The number of allylic oxidation sites excluding steroid dienone is 1. The van der Waals surface area contributed by atoms with Crippen LogP contribution in [0, 0.1) is 29.1 Å². The van der Waals surface area contributed by atoms with Gasteiger partial charge in [-0.05, 0) is 86.9 Å². The molecule has 3 nitrogen and oxygen atoms in total. The summed E-state index contributed by atoms with van der Waals surface area (Å²) in [6.07, 6.45) is 5.11. The Morgan fingerprint density at radius 3 is 2.61 bits per heavy atom. The van der Waals surface area contributed by atoms with E-state index in [2.05, 4.69) is 29.0 Å². The highest BCUT2D eigenvalue weighted by Gasteiger charge is 2.33. The van der Waals surface area contributed by atoms with E-state index in [4.69, 9.17) is 0 Å². The second-order valence-corrected chi connectivity index (χ2v) is 8.21. The molecule has 0 saturated heterocycles. The topological polar surface area (TPSA) is 56.4 Å². The minimum Gasteiger partial charge on any atom is -0.508 e. The van der Waals surface area contributed by atoms with Crippen molar-refractivity contribution in [2.75, 3.05) is 0 Å². The molecule has 0 radical (unpaired) electrons. The molecule has 6 heteroatoms. The number of unbranched alkanes of at least 4 members (excludes halogenated alkanes) is 1. The van der Waals surface area contributed by atoms with Gasteiger partial charge in [-0.1, -0.05) is 24.3 Å². The van der Waals surface area contributed by atoms with Crippen molar-refractivity contribution in [2.45, 2.75) is 51.6 Å². The molecule has 0 bridgehead atoms. The van der Waals surface area contributed by atoms with Crippen LogP contribution < -0.4 is 0 Å².